The first kappa shape index (κ1) is 22.3. The summed E-state index contributed by atoms with van der Waals surface area (Å²) in [5, 5.41) is 6.24. The number of aromatic nitrogens is 2. The van der Waals surface area contributed by atoms with Crippen molar-refractivity contribution in [1.29, 1.82) is 0 Å². The molecule has 0 radical (unpaired) electrons. The Morgan fingerprint density at radius 3 is 2.80 bits per heavy atom. The molecule has 0 spiro atoms. The third kappa shape index (κ3) is 5.10. The fourth-order valence-electron chi connectivity index (χ4n) is 4.13. The molecule has 2 aromatic rings. The lowest BCUT2D eigenvalue weighted by Gasteiger charge is -2.33. The molecule has 2 N–H and O–H groups in total. The first-order chi connectivity index (χ1) is 14.5. The van der Waals surface area contributed by atoms with Crippen molar-refractivity contribution in [2.75, 3.05) is 44.7 Å². The van der Waals surface area contributed by atoms with Crippen LogP contribution in [0.15, 0.2) is 5.16 Å². The summed E-state index contributed by atoms with van der Waals surface area (Å²) >= 11 is 3.52. The van der Waals surface area contributed by atoms with Gasteiger partial charge in [-0.3, -0.25) is 0 Å². The Hall–Kier alpha value is -0.930. The molecule has 1 atom stereocenters. The van der Waals surface area contributed by atoms with Gasteiger partial charge in [0.2, 0.25) is 0 Å². The molecule has 2 aliphatic heterocycles. The molecule has 0 unspecified atom stereocenters. The van der Waals surface area contributed by atoms with E-state index in [4.69, 9.17) is 19.4 Å². The molecular formula is C22H35N4O2S2+. The predicted octanol–water partition coefficient (Wildman–Crippen LogP) is 3.15. The van der Waals surface area contributed by atoms with Gasteiger partial charge in [0.05, 0.1) is 37.4 Å². The Morgan fingerprint density at radius 2 is 2.07 bits per heavy atom. The molecule has 1 fully saturated rings. The largest absolute Gasteiger partial charge is 0.370 e. The molecule has 0 bridgehead atoms. The minimum Gasteiger partial charge on any atom is -0.370 e. The van der Waals surface area contributed by atoms with E-state index in [9.17, 15) is 0 Å². The van der Waals surface area contributed by atoms with Crippen LogP contribution >= 0.6 is 23.1 Å². The molecule has 166 valence electrons. The van der Waals surface area contributed by atoms with E-state index in [0.29, 0.717) is 11.9 Å². The Bertz CT molecular complexity index is 866. The fourth-order valence-corrected chi connectivity index (χ4v) is 6.00. The van der Waals surface area contributed by atoms with Crippen molar-refractivity contribution < 1.29 is 14.4 Å². The highest BCUT2D eigenvalue weighted by atomic mass is 32.2. The molecule has 0 aliphatic carbocycles. The average molecular weight is 452 g/mol. The quantitative estimate of drug-likeness (QED) is 0.365. The molecule has 2 aliphatic rings. The van der Waals surface area contributed by atoms with Crippen molar-refractivity contribution in [2.24, 2.45) is 0 Å². The number of hydrogen-bond acceptors (Lipinski definition) is 7. The smallest absolute Gasteiger partial charge is 0.191 e. The van der Waals surface area contributed by atoms with Gasteiger partial charge in [-0.1, -0.05) is 32.5 Å². The maximum Gasteiger partial charge on any atom is 0.191 e. The van der Waals surface area contributed by atoms with Crippen LogP contribution < -0.4 is 10.2 Å². The first-order valence-electron chi connectivity index (χ1n) is 11.3. The number of thiophene rings is 1. The van der Waals surface area contributed by atoms with Crippen molar-refractivity contribution >= 4 is 39.1 Å². The van der Waals surface area contributed by atoms with Gasteiger partial charge >= 0.3 is 0 Å². The zero-order chi connectivity index (χ0) is 21.1. The fraction of sp³-hybridized carbons (Fsp3) is 0.727. The maximum absolute atomic E-state index is 6.19. The Morgan fingerprint density at radius 1 is 1.27 bits per heavy atom. The SMILES string of the molecule is CC[C@]1(C)Cc2c(sc3nc(SC(C)C)nc(NCCC[NH+]4CCOCC4)c23)CO1. The Labute approximate surface area is 188 Å². The second-order valence-electron chi connectivity index (χ2n) is 8.87. The van der Waals surface area contributed by atoms with Crippen LogP contribution in [-0.4, -0.2) is 60.2 Å². The topological polar surface area (TPSA) is 60.7 Å². The van der Waals surface area contributed by atoms with E-state index in [0.717, 1.165) is 67.9 Å². The number of hydrogen-bond donors (Lipinski definition) is 2. The molecule has 0 saturated carbocycles. The van der Waals surface area contributed by atoms with Crippen LogP contribution in [0.5, 0.6) is 0 Å². The Kier molecular flexibility index (Phi) is 7.19. The van der Waals surface area contributed by atoms with Gasteiger partial charge in [0.1, 0.15) is 23.7 Å². The lowest BCUT2D eigenvalue weighted by atomic mass is 9.90. The third-order valence-electron chi connectivity index (χ3n) is 6.10. The van der Waals surface area contributed by atoms with Gasteiger partial charge in [-0.25, -0.2) is 9.97 Å². The summed E-state index contributed by atoms with van der Waals surface area (Å²) in [7, 11) is 0. The number of rotatable bonds is 8. The van der Waals surface area contributed by atoms with E-state index < -0.39 is 0 Å². The average Bonchev–Trinajstić information content (AvgIpc) is 3.08. The predicted molar refractivity (Wildman–Crippen MR) is 125 cm³/mol. The van der Waals surface area contributed by atoms with Gasteiger partial charge in [-0.05, 0) is 18.9 Å². The highest BCUT2D eigenvalue weighted by molar-refractivity contribution is 7.99. The number of thioether (sulfide) groups is 1. The monoisotopic (exact) mass is 451 g/mol. The molecule has 30 heavy (non-hydrogen) atoms. The van der Waals surface area contributed by atoms with Crippen LogP contribution in [0.25, 0.3) is 10.2 Å². The highest BCUT2D eigenvalue weighted by Gasteiger charge is 2.33. The molecular weight excluding hydrogens is 416 g/mol. The second kappa shape index (κ2) is 9.69. The molecule has 4 rings (SSSR count). The van der Waals surface area contributed by atoms with E-state index in [-0.39, 0.29) is 5.60 Å². The standard InChI is InChI=1S/C22H34N4O2S2/c1-5-22(4)13-16-17(14-28-22)30-20-18(16)19(24-21(25-20)29-15(2)3)23-7-6-8-26-9-11-27-12-10-26/h15H,5-14H2,1-4H3,(H,23,24,25)/p+1/t22-/m1/s1. The van der Waals surface area contributed by atoms with Crippen LogP contribution in [0, 0.1) is 0 Å². The number of nitrogens with one attached hydrogen (secondary N) is 2. The van der Waals surface area contributed by atoms with Crippen LogP contribution in [0.1, 0.15) is 51.0 Å². The molecule has 6 nitrogen and oxygen atoms in total. The lowest BCUT2D eigenvalue weighted by molar-refractivity contribution is -0.908. The minimum atomic E-state index is -0.0939. The van der Waals surface area contributed by atoms with Crippen LogP contribution in [0.3, 0.4) is 0 Å². The Balaban J connectivity index is 1.56. The van der Waals surface area contributed by atoms with Gasteiger partial charge in [-0.2, -0.15) is 0 Å². The van der Waals surface area contributed by atoms with Gasteiger partial charge < -0.3 is 19.7 Å². The number of nitrogens with zero attached hydrogens (tertiary/aromatic N) is 2. The molecule has 1 saturated heterocycles. The zero-order valence-electron chi connectivity index (χ0n) is 18.7. The number of morpholine rings is 1. The van der Waals surface area contributed by atoms with Gasteiger partial charge in [0, 0.05) is 29.5 Å². The summed E-state index contributed by atoms with van der Waals surface area (Å²) in [5.74, 6) is 1.01. The normalized spacial score (nSPS) is 22.6. The summed E-state index contributed by atoms with van der Waals surface area (Å²) in [5.41, 5.74) is 1.30. The van der Waals surface area contributed by atoms with E-state index in [1.807, 2.05) is 0 Å². The summed E-state index contributed by atoms with van der Waals surface area (Å²) < 4.78 is 11.7. The minimum absolute atomic E-state index is 0.0939. The molecule has 4 heterocycles. The maximum atomic E-state index is 6.19. The summed E-state index contributed by atoms with van der Waals surface area (Å²) in [6.07, 6.45) is 3.08. The zero-order valence-corrected chi connectivity index (χ0v) is 20.3. The second-order valence-corrected chi connectivity index (χ2v) is 11.5. The number of quaternary nitrogens is 1. The number of anilines is 1. The number of ether oxygens (including phenoxy) is 2. The van der Waals surface area contributed by atoms with Crippen LogP contribution in [-0.2, 0) is 22.5 Å². The van der Waals surface area contributed by atoms with E-state index in [1.165, 1.54) is 22.4 Å². The van der Waals surface area contributed by atoms with Crippen LogP contribution in [0.4, 0.5) is 5.82 Å². The lowest BCUT2D eigenvalue weighted by Crippen LogP contribution is -3.14. The van der Waals surface area contributed by atoms with Gasteiger partial charge in [0.25, 0.3) is 0 Å². The van der Waals surface area contributed by atoms with E-state index >= 15 is 0 Å². The number of fused-ring (bicyclic) bond motifs is 3. The van der Waals surface area contributed by atoms with Crippen molar-refractivity contribution in [3.63, 3.8) is 0 Å². The molecule has 0 amide bonds. The summed E-state index contributed by atoms with van der Waals surface area (Å²) in [6.45, 7) is 15.7. The van der Waals surface area contributed by atoms with E-state index in [2.05, 4.69) is 33.0 Å². The van der Waals surface area contributed by atoms with Gasteiger partial charge in [-0.15, -0.1) is 11.3 Å². The van der Waals surface area contributed by atoms with Gasteiger partial charge in [0.15, 0.2) is 5.16 Å². The van der Waals surface area contributed by atoms with Crippen LogP contribution in [0.2, 0.25) is 0 Å². The van der Waals surface area contributed by atoms with Crippen molar-refractivity contribution in [2.45, 2.75) is 69.6 Å². The van der Waals surface area contributed by atoms with Crippen molar-refractivity contribution in [3.8, 4) is 0 Å². The molecule has 2 aromatic heterocycles. The van der Waals surface area contributed by atoms with E-state index in [1.54, 1.807) is 28.0 Å². The third-order valence-corrected chi connectivity index (χ3v) is 8.07. The summed E-state index contributed by atoms with van der Waals surface area (Å²) in [4.78, 5) is 13.9. The molecule has 0 aromatic carbocycles. The highest BCUT2D eigenvalue weighted by Crippen LogP contribution is 2.42. The van der Waals surface area contributed by atoms with Crippen molar-refractivity contribution in [3.05, 3.63) is 10.4 Å². The summed E-state index contributed by atoms with van der Waals surface area (Å²) in [6, 6.07) is 0. The molecule has 8 heteroatoms. The van der Waals surface area contributed by atoms with Crippen molar-refractivity contribution in [1.82, 2.24) is 9.97 Å². The first-order valence-corrected chi connectivity index (χ1v) is 12.9.